The second-order valence-corrected chi connectivity index (χ2v) is 6.58. The molecule has 9 heteroatoms. The molecular formula is C19H26ClN5O3. The van der Waals surface area contributed by atoms with Gasteiger partial charge in [0.15, 0.2) is 0 Å². The van der Waals surface area contributed by atoms with Crippen molar-refractivity contribution in [2.24, 2.45) is 7.05 Å². The highest BCUT2D eigenvalue weighted by Crippen LogP contribution is 2.17. The fourth-order valence-electron chi connectivity index (χ4n) is 3.10. The first kappa shape index (κ1) is 21.9. The Hall–Kier alpha value is -2.42. The van der Waals surface area contributed by atoms with Gasteiger partial charge in [0.25, 0.3) is 5.91 Å². The minimum Gasteiger partial charge on any atom is -0.368 e. The van der Waals surface area contributed by atoms with Crippen molar-refractivity contribution in [3.63, 3.8) is 0 Å². The molecule has 0 saturated carbocycles. The Kier molecular flexibility index (Phi) is 7.98. The van der Waals surface area contributed by atoms with E-state index in [1.54, 1.807) is 17.9 Å². The van der Waals surface area contributed by atoms with E-state index in [4.69, 9.17) is 4.74 Å². The lowest BCUT2D eigenvalue weighted by atomic mass is 10.1. The monoisotopic (exact) mass is 407 g/mol. The molecule has 1 aliphatic heterocycles. The number of nitrogens with one attached hydrogen (secondary N) is 3. The Labute approximate surface area is 170 Å². The SMILES string of the molecule is CNC(C(=O)NCc1cccc(NC(=O)C2CCCO2)c1)c1cnn(C)c1.Cl. The van der Waals surface area contributed by atoms with Crippen molar-refractivity contribution in [3.05, 3.63) is 47.8 Å². The number of likely N-dealkylation sites (N-methyl/N-ethyl adjacent to an activating group) is 1. The third-order valence-electron chi connectivity index (χ3n) is 4.49. The highest BCUT2D eigenvalue weighted by atomic mass is 35.5. The molecule has 2 unspecified atom stereocenters. The van der Waals surface area contributed by atoms with Gasteiger partial charge in [0.05, 0.1) is 6.20 Å². The van der Waals surface area contributed by atoms with Gasteiger partial charge in [-0.25, -0.2) is 0 Å². The Morgan fingerprint density at radius 2 is 2.21 bits per heavy atom. The third-order valence-corrected chi connectivity index (χ3v) is 4.49. The Morgan fingerprint density at radius 1 is 1.39 bits per heavy atom. The number of carbonyl (C=O) groups is 2. The minimum atomic E-state index is -0.471. The molecule has 1 aromatic carbocycles. The molecule has 1 aliphatic rings. The van der Waals surface area contributed by atoms with Gasteiger partial charge in [-0.3, -0.25) is 14.3 Å². The number of rotatable bonds is 7. The van der Waals surface area contributed by atoms with Gasteiger partial charge in [0.1, 0.15) is 12.1 Å². The number of amides is 2. The molecule has 1 fully saturated rings. The van der Waals surface area contributed by atoms with Gasteiger partial charge in [-0.15, -0.1) is 12.4 Å². The van der Waals surface area contributed by atoms with Crippen LogP contribution in [-0.2, 0) is 27.9 Å². The van der Waals surface area contributed by atoms with Crippen LogP contribution in [0.4, 0.5) is 5.69 Å². The first-order valence-electron chi connectivity index (χ1n) is 9.02. The van der Waals surface area contributed by atoms with Crippen molar-refractivity contribution in [1.82, 2.24) is 20.4 Å². The van der Waals surface area contributed by atoms with Gasteiger partial charge < -0.3 is 20.7 Å². The van der Waals surface area contributed by atoms with Gasteiger partial charge in [-0.2, -0.15) is 5.10 Å². The minimum absolute atomic E-state index is 0. The van der Waals surface area contributed by atoms with Crippen LogP contribution in [0, 0.1) is 0 Å². The van der Waals surface area contributed by atoms with Gasteiger partial charge in [-0.1, -0.05) is 12.1 Å². The topological polar surface area (TPSA) is 97.3 Å². The van der Waals surface area contributed by atoms with Crippen molar-refractivity contribution in [1.29, 1.82) is 0 Å². The summed E-state index contributed by atoms with van der Waals surface area (Å²) in [5.74, 6) is -0.264. The molecule has 2 heterocycles. The molecule has 3 rings (SSSR count). The number of nitrogens with zero attached hydrogens (tertiary/aromatic N) is 2. The molecule has 1 aromatic heterocycles. The van der Waals surface area contributed by atoms with Crippen molar-refractivity contribution in [2.45, 2.75) is 31.5 Å². The predicted octanol–water partition coefficient (Wildman–Crippen LogP) is 1.54. The Morgan fingerprint density at radius 3 is 2.86 bits per heavy atom. The number of benzene rings is 1. The zero-order chi connectivity index (χ0) is 19.2. The molecule has 28 heavy (non-hydrogen) atoms. The van der Waals surface area contributed by atoms with Gasteiger partial charge in [0.2, 0.25) is 5.91 Å². The van der Waals surface area contributed by atoms with Crippen molar-refractivity contribution < 1.29 is 14.3 Å². The summed E-state index contributed by atoms with van der Waals surface area (Å²) in [4.78, 5) is 24.7. The van der Waals surface area contributed by atoms with Crippen LogP contribution in [0.15, 0.2) is 36.7 Å². The first-order valence-corrected chi connectivity index (χ1v) is 9.02. The van der Waals surface area contributed by atoms with E-state index in [1.165, 1.54) is 0 Å². The van der Waals surface area contributed by atoms with Crippen LogP contribution in [0.3, 0.4) is 0 Å². The van der Waals surface area contributed by atoms with E-state index in [0.717, 1.165) is 24.0 Å². The summed E-state index contributed by atoms with van der Waals surface area (Å²) < 4.78 is 7.06. The summed E-state index contributed by atoms with van der Waals surface area (Å²) in [7, 11) is 3.54. The van der Waals surface area contributed by atoms with Crippen LogP contribution >= 0.6 is 12.4 Å². The fraction of sp³-hybridized carbons (Fsp3) is 0.421. The smallest absolute Gasteiger partial charge is 0.253 e. The maximum atomic E-state index is 12.5. The lowest BCUT2D eigenvalue weighted by molar-refractivity contribution is -0.125. The molecule has 3 N–H and O–H groups in total. The molecule has 2 atom stereocenters. The maximum Gasteiger partial charge on any atom is 0.253 e. The second-order valence-electron chi connectivity index (χ2n) is 6.58. The molecule has 2 aromatic rings. The van der Waals surface area contributed by atoms with Crippen LogP contribution < -0.4 is 16.0 Å². The number of ether oxygens (including phenoxy) is 1. The van der Waals surface area contributed by atoms with E-state index >= 15 is 0 Å². The molecule has 0 bridgehead atoms. The number of aryl methyl sites for hydroxylation is 1. The molecule has 8 nitrogen and oxygen atoms in total. The zero-order valence-electron chi connectivity index (χ0n) is 16.0. The summed E-state index contributed by atoms with van der Waals surface area (Å²) in [5, 5.41) is 12.9. The number of carbonyl (C=O) groups excluding carboxylic acids is 2. The largest absolute Gasteiger partial charge is 0.368 e. The second kappa shape index (κ2) is 10.2. The van der Waals surface area contributed by atoms with E-state index < -0.39 is 6.04 Å². The fourth-order valence-corrected chi connectivity index (χ4v) is 3.10. The number of hydrogen-bond acceptors (Lipinski definition) is 5. The third kappa shape index (κ3) is 5.54. The van der Waals surface area contributed by atoms with Gasteiger partial charge >= 0.3 is 0 Å². The summed E-state index contributed by atoms with van der Waals surface area (Å²) in [6, 6.07) is 6.96. The van der Waals surface area contributed by atoms with E-state index in [1.807, 2.05) is 37.5 Å². The Bertz CT molecular complexity index is 804. The van der Waals surface area contributed by atoms with Gasteiger partial charge in [0, 0.05) is 37.6 Å². The number of aromatic nitrogens is 2. The summed E-state index contributed by atoms with van der Waals surface area (Å²) in [6.07, 6.45) is 4.77. The summed E-state index contributed by atoms with van der Waals surface area (Å²) in [5.41, 5.74) is 2.39. The van der Waals surface area contributed by atoms with E-state index in [-0.39, 0.29) is 30.3 Å². The van der Waals surface area contributed by atoms with E-state index in [9.17, 15) is 9.59 Å². The van der Waals surface area contributed by atoms with Crippen LogP contribution in [0.1, 0.15) is 30.0 Å². The van der Waals surface area contributed by atoms with Crippen LogP contribution in [0.5, 0.6) is 0 Å². The normalized spacial score (nSPS) is 16.9. The van der Waals surface area contributed by atoms with Crippen molar-refractivity contribution in [3.8, 4) is 0 Å². The molecule has 152 valence electrons. The molecular weight excluding hydrogens is 382 g/mol. The summed E-state index contributed by atoms with van der Waals surface area (Å²) in [6.45, 7) is 0.995. The van der Waals surface area contributed by atoms with Crippen molar-refractivity contribution in [2.75, 3.05) is 19.0 Å². The first-order chi connectivity index (χ1) is 13.1. The molecule has 0 radical (unpaired) electrons. The lowest BCUT2D eigenvalue weighted by Gasteiger charge is -2.15. The standard InChI is InChI=1S/C19H25N5O3.ClH/c1-20-17(14-11-22-24(2)12-14)19(26)21-10-13-5-3-6-15(9-13)23-18(25)16-7-4-8-27-16;/h3,5-6,9,11-12,16-17,20H,4,7-8,10H2,1-2H3,(H,21,26)(H,23,25);1H. The van der Waals surface area contributed by atoms with E-state index in [0.29, 0.717) is 18.8 Å². The number of hydrogen-bond donors (Lipinski definition) is 3. The summed E-state index contributed by atoms with van der Waals surface area (Å²) >= 11 is 0. The molecule has 2 amide bonds. The zero-order valence-corrected chi connectivity index (χ0v) is 16.8. The quantitative estimate of drug-likeness (QED) is 0.646. The van der Waals surface area contributed by atoms with Gasteiger partial charge in [-0.05, 0) is 37.6 Å². The Balaban J connectivity index is 0.00000280. The van der Waals surface area contributed by atoms with Crippen LogP contribution in [-0.4, -0.2) is 41.4 Å². The molecule has 0 spiro atoms. The molecule has 0 aliphatic carbocycles. The number of anilines is 1. The average molecular weight is 408 g/mol. The highest BCUT2D eigenvalue weighted by molar-refractivity contribution is 5.94. The molecule has 1 saturated heterocycles. The van der Waals surface area contributed by atoms with Crippen LogP contribution in [0.25, 0.3) is 0 Å². The predicted molar refractivity (Wildman–Crippen MR) is 108 cm³/mol. The van der Waals surface area contributed by atoms with E-state index in [2.05, 4.69) is 21.0 Å². The average Bonchev–Trinajstić information content (AvgIpc) is 3.33. The number of halogens is 1. The highest BCUT2D eigenvalue weighted by Gasteiger charge is 2.23. The van der Waals surface area contributed by atoms with Crippen LogP contribution in [0.2, 0.25) is 0 Å². The maximum absolute atomic E-state index is 12.5. The lowest BCUT2D eigenvalue weighted by Crippen LogP contribution is -2.35. The van der Waals surface area contributed by atoms with Crippen molar-refractivity contribution >= 4 is 29.9 Å².